The lowest BCUT2D eigenvalue weighted by Gasteiger charge is -2.22. The normalized spacial score (nSPS) is 10.6. The molecule has 5 nitrogen and oxygen atoms in total. The van der Waals surface area contributed by atoms with E-state index in [-0.39, 0.29) is 11.9 Å². The Morgan fingerprint density at radius 2 is 1.89 bits per heavy atom. The first kappa shape index (κ1) is 15.4. The highest BCUT2D eigenvalue weighted by Gasteiger charge is 2.12. The third kappa shape index (κ3) is 4.85. The standard InChI is InChI=1S/C14H24N4O/c1-5-7-18(8-6-2)13-9-12(15-10-16-13)14(19)17-11(3)4/h9-11H,5-8H2,1-4H3,(H,17,19). The van der Waals surface area contributed by atoms with Crippen molar-refractivity contribution in [3.8, 4) is 0 Å². The summed E-state index contributed by atoms with van der Waals surface area (Å²) in [5.41, 5.74) is 0.427. The quantitative estimate of drug-likeness (QED) is 0.820. The largest absolute Gasteiger partial charge is 0.357 e. The number of hydrogen-bond acceptors (Lipinski definition) is 4. The maximum atomic E-state index is 11.9. The highest BCUT2D eigenvalue weighted by atomic mass is 16.1. The Morgan fingerprint density at radius 3 is 2.42 bits per heavy atom. The molecule has 0 aliphatic rings. The lowest BCUT2D eigenvalue weighted by atomic mass is 10.3. The van der Waals surface area contributed by atoms with Crippen molar-refractivity contribution < 1.29 is 4.79 Å². The lowest BCUT2D eigenvalue weighted by molar-refractivity contribution is 0.0938. The van der Waals surface area contributed by atoms with Gasteiger partial charge in [-0.3, -0.25) is 4.79 Å². The summed E-state index contributed by atoms with van der Waals surface area (Å²) in [4.78, 5) is 22.4. The fraction of sp³-hybridized carbons (Fsp3) is 0.643. The molecule has 0 radical (unpaired) electrons. The molecule has 5 heteroatoms. The molecule has 0 saturated heterocycles. The first-order valence-corrected chi connectivity index (χ1v) is 6.96. The highest BCUT2D eigenvalue weighted by molar-refractivity contribution is 5.93. The first-order valence-electron chi connectivity index (χ1n) is 6.96. The predicted octanol–water partition coefficient (Wildman–Crippen LogP) is 2.24. The van der Waals surface area contributed by atoms with Gasteiger partial charge in [0.05, 0.1) is 0 Å². The van der Waals surface area contributed by atoms with Crippen LogP contribution < -0.4 is 10.2 Å². The van der Waals surface area contributed by atoms with Crippen molar-refractivity contribution in [3.63, 3.8) is 0 Å². The van der Waals surface area contributed by atoms with Gasteiger partial charge in [0.1, 0.15) is 17.8 Å². The van der Waals surface area contributed by atoms with Crippen molar-refractivity contribution >= 4 is 11.7 Å². The number of amides is 1. The second kappa shape index (κ2) is 7.71. The van der Waals surface area contributed by atoms with Crippen molar-refractivity contribution in [2.24, 2.45) is 0 Å². The SMILES string of the molecule is CCCN(CCC)c1cc(C(=O)NC(C)C)ncn1. The molecule has 1 amide bonds. The van der Waals surface area contributed by atoms with Crippen LogP contribution >= 0.6 is 0 Å². The molecule has 1 aromatic heterocycles. The van der Waals surface area contributed by atoms with Crippen molar-refractivity contribution in [1.82, 2.24) is 15.3 Å². The maximum Gasteiger partial charge on any atom is 0.270 e. The monoisotopic (exact) mass is 264 g/mol. The number of nitrogens with zero attached hydrogens (tertiary/aromatic N) is 3. The van der Waals surface area contributed by atoms with Gasteiger partial charge in [-0.05, 0) is 26.7 Å². The molecule has 0 aliphatic carbocycles. The average Bonchev–Trinajstić information content (AvgIpc) is 2.38. The van der Waals surface area contributed by atoms with Crippen LogP contribution in [0.25, 0.3) is 0 Å². The number of hydrogen-bond donors (Lipinski definition) is 1. The number of carbonyl (C=O) groups excluding carboxylic acids is 1. The summed E-state index contributed by atoms with van der Waals surface area (Å²) in [6, 6.07) is 1.87. The van der Waals surface area contributed by atoms with Crippen LogP contribution in [-0.4, -0.2) is 35.0 Å². The molecular weight excluding hydrogens is 240 g/mol. The van der Waals surface area contributed by atoms with Gasteiger partial charge in [0.25, 0.3) is 5.91 Å². The summed E-state index contributed by atoms with van der Waals surface area (Å²) < 4.78 is 0. The zero-order valence-electron chi connectivity index (χ0n) is 12.3. The van der Waals surface area contributed by atoms with Crippen LogP contribution in [-0.2, 0) is 0 Å². The van der Waals surface area contributed by atoms with E-state index in [0.717, 1.165) is 31.7 Å². The van der Waals surface area contributed by atoms with Crippen molar-refractivity contribution in [3.05, 3.63) is 18.1 Å². The fourth-order valence-corrected chi connectivity index (χ4v) is 1.86. The van der Waals surface area contributed by atoms with Crippen LogP contribution in [0.3, 0.4) is 0 Å². The molecule has 0 saturated carbocycles. The van der Waals surface area contributed by atoms with Gasteiger partial charge >= 0.3 is 0 Å². The van der Waals surface area contributed by atoms with Gasteiger partial charge in [0.2, 0.25) is 0 Å². The number of rotatable bonds is 7. The molecule has 0 aliphatic heterocycles. The molecule has 0 spiro atoms. The summed E-state index contributed by atoms with van der Waals surface area (Å²) in [5.74, 6) is 0.680. The zero-order valence-corrected chi connectivity index (χ0v) is 12.3. The minimum absolute atomic E-state index is 0.105. The Balaban J connectivity index is 2.88. The molecule has 0 atom stereocenters. The van der Waals surface area contributed by atoms with Crippen LogP contribution in [0.2, 0.25) is 0 Å². The zero-order chi connectivity index (χ0) is 14.3. The molecular formula is C14H24N4O. The van der Waals surface area contributed by atoms with Crippen LogP contribution in [0.5, 0.6) is 0 Å². The Kier molecular flexibility index (Phi) is 6.25. The maximum absolute atomic E-state index is 11.9. The van der Waals surface area contributed by atoms with Gasteiger partial charge in [-0.25, -0.2) is 9.97 Å². The molecule has 0 bridgehead atoms. The molecule has 1 N–H and O–H groups in total. The van der Waals surface area contributed by atoms with E-state index < -0.39 is 0 Å². The van der Waals surface area contributed by atoms with E-state index in [1.165, 1.54) is 6.33 Å². The molecule has 106 valence electrons. The predicted molar refractivity (Wildman–Crippen MR) is 77.4 cm³/mol. The number of nitrogens with one attached hydrogen (secondary N) is 1. The molecule has 0 fully saturated rings. The van der Waals surface area contributed by atoms with Crippen LogP contribution in [0.1, 0.15) is 51.0 Å². The molecule has 1 heterocycles. The lowest BCUT2D eigenvalue weighted by Crippen LogP contribution is -2.31. The van der Waals surface area contributed by atoms with E-state index in [2.05, 4.69) is 34.0 Å². The summed E-state index contributed by atoms with van der Waals surface area (Å²) in [6.07, 6.45) is 3.57. The summed E-state index contributed by atoms with van der Waals surface area (Å²) in [6.45, 7) is 10.0. The van der Waals surface area contributed by atoms with Crippen molar-refractivity contribution in [2.75, 3.05) is 18.0 Å². The molecule has 1 aromatic rings. The average molecular weight is 264 g/mol. The molecule has 0 aromatic carbocycles. The fourth-order valence-electron chi connectivity index (χ4n) is 1.86. The number of anilines is 1. The van der Waals surface area contributed by atoms with Gasteiger partial charge in [-0.1, -0.05) is 13.8 Å². The van der Waals surface area contributed by atoms with Crippen molar-refractivity contribution in [2.45, 2.75) is 46.6 Å². The van der Waals surface area contributed by atoms with Gasteiger partial charge in [-0.2, -0.15) is 0 Å². The minimum atomic E-state index is -0.147. The summed E-state index contributed by atoms with van der Waals surface area (Å²) in [5, 5.41) is 2.84. The Hall–Kier alpha value is -1.65. The summed E-state index contributed by atoms with van der Waals surface area (Å²) in [7, 11) is 0. The minimum Gasteiger partial charge on any atom is -0.357 e. The second-order valence-electron chi connectivity index (χ2n) is 4.88. The molecule has 1 rings (SSSR count). The van der Waals surface area contributed by atoms with Gasteiger partial charge in [-0.15, -0.1) is 0 Å². The van der Waals surface area contributed by atoms with E-state index in [0.29, 0.717) is 5.69 Å². The molecule has 0 unspecified atom stereocenters. The van der Waals surface area contributed by atoms with E-state index in [4.69, 9.17) is 0 Å². The number of carbonyl (C=O) groups is 1. The van der Waals surface area contributed by atoms with Gasteiger partial charge in [0.15, 0.2) is 0 Å². The van der Waals surface area contributed by atoms with Crippen LogP contribution in [0.4, 0.5) is 5.82 Å². The summed E-state index contributed by atoms with van der Waals surface area (Å²) >= 11 is 0. The van der Waals surface area contributed by atoms with E-state index in [9.17, 15) is 4.79 Å². The smallest absolute Gasteiger partial charge is 0.270 e. The van der Waals surface area contributed by atoms with Gasteiger partial charge < -0.3 is 10.2 Å². The van der Waals surface area contributed by atoms with E-state index >= 15 is 0 Å². The van der Waals surface area contributed by atoms with E-state index in [1.807, 2.05) is 13.8 Å². The van der Waals surface area contributed by atoms with Crippen molar-refractivity contribution in [1.29, 1.82) is 0 Å². The first-order chi connectivity index (χ1) is 9.08. The third-order valence-corrected chi connectivity index (χ3v) is 2.62. The van der Waals surface area contributed by atoms with E-state index in [1.54, 1.807) is 6.07 Å². The Morgan fingerprint density at radius 1 is 1.26 bits per heavy atom. The second-order valence-corrected chi connectivity index (χ2v) is 4.88. The Labute approximate surface area is 115 Å². The highest BCUT2D eigenvalue weighted by Crippen LogP contribution is 2.12. The number of aromatic nitrogens is 2. The Bertz CT molecular complexity index is 400. The van der Waals surface area contributed by atoms with Gasteiger partial charge in [0, 0.05) is 25.2 Å². The van der Waals surface area contributed by atoms with Crippen LogP contribution in [0, 0.1) is 0 Å². The topological polar surface area (TPSA) is 58.1 Å². The third-order valence-electron chi connectivity index (χ3n) is 2.62. The molecule has 19 heavy (non-hydrogen) atoms. The van der Waals surface area contributed by atoms with Crippen LogP contribution in [0.15, 0.2) is 12.4 Å².